The highest BCUT2D eigenvalue weighted by Gasteiger charge is 2.30. The number of benzene rings is 2. The molecular formula is C23H22FN2O6S5+. The molecular weight excluding hydrogens is 580 g/mol. The van der Waals surface area contributed by atoms with Crippen LogP contribution in [0.1, 0.15) is 17.8 Å². The van der Waals surface area contributed by atoms with Gasteiger partial charge in [-0.05, 0) is 30.7 Å². The van der Waals surface area contributed by atoms with E-state index in [2.05, 4.69) is 0 Å². The number of thiophene rings is 1. The first-order valence-electron chi connectivity index (χ1n) is 11.2. The fourth-order valence-electron chi connectivity index (χ4n) is 4.19. The highest BCUT2D eigenvalue weighted by atomic mass is 32.2. The molecule has 0 bridgehead atoms. The summed E-state index contributed by atoms with van der Waals surface area (Å²) in [6.07, 6.45) is 2.30. The zero-order valence-corrected chi connectivity index (χ0v) is 23.3. The van der Waals surface area contributed by atoms with Gasteiger partial charge in [0.05, 0.1) is 28.3 Å². The van der Waals surface area contributed by atoms with Crippen LogP contribution in [0.25, 0.3) is 25.7 Å². The SMILES string of the molecule is O=S(=O)(O)CCCN1C(=Cc2sc3c4ccccc4sc3[n+]2CCCS(=O)(=O)O)Sc2ccc(F)cc21. The van der Waals surface area contributed by atoms with Gasteiger partial charge in [0.25, 0.3) is 30.1 Å². The summed E-state index contributed by atoms with van der Waals surface area (Å²) >= 11 is 4.58. The summed E-state index contributed by atoms with van der Waals surface area (Å²) in [7, 11) is -8.24. The van der Waals surface area contributed by atoms with Crippen LogP contribution in [-0.4, -0.2) is 44.0 Å². The highest BCUT2D eigenvalue weighted by molar-refractivity contribution is 8.04. The van der Waals surface area contributed by atoms with E-state index in [1.165, 1.54) is 23.9 Å². The van der Waals surface area contributed by atoms with Crippen molar-refractivity contribution in [2.75, 3.05) is 23.0 Å². The number of aromatic nitrogens is 1. The van der Waals surface area contributed by atoms with Gasteiger partial charge in [0.1, 0.15) is 10.5 Å². The molecule has 0 amide bonds. The van der Waals surface area contributed by atoms with Gasteiger partial charge in [0, 0.05) is 27.9 Å². The minimum Gasteiger partial charge on any atom is -0.335 e. The number of halogens is 1. The summed E-state index contributed by atoms with van der Waals surface area (Å²) in [5.74, 6) is -1.19. The van der Waals surface area contributed by atoms with Crippen molar-refractivity contribution < 1.29 is 34.9 Å². The third kappa shape index (κ3) is 6.00. The van der Waals surface area contributed by atoms with Crippen LogP contribution in [0.5, 0.6) is 0 Å². The summed E-state index contributed by atoms with van der Waals surface area (Å²) in [5.41, 5.74) is 0.619. The number of hydrogen-bond donors (Lipinski definition) is 2. The fourth-order valence-corrected chi connectivity index (χ4v) is 9.03. The number of rotatable bonds is 9. The predicted molar refractivity (Wildman–Crippen MR) is 147 cm³/mol. The van der Waals surface area contributed by atoms with E-state index in [0.717, 1.165) is 34.5 Å². The van der Waals surface area contributed by atoms with Crippen molar-refractivity contribution in [1.82, 2.24) is 0 Å². The Morgan fingerprint density at radius 2 is 1.70 bits per heavy atom. The average molecular weight is 602 g/mol. The van der Waals surface area contributed by atoms with Crippen LogP contribution in [0, 0.1) is 5.82 Å². The minimum atomic E-state index is -4.13. The molecule has 1 aliphatic heterocycles. The van der Waals surface area contributed by atoms with Gasteiger partial charge in [-0.2, -0.15) is 21.4 Å². The van der Waals surface area contributed by atoms with Crippen LogP contribution in [0.15, 0.2) is 52.4 Å². The summed E-state index contributed by atoms with van der Waals surface area (Å²) in [5, 5.41) is 2.70. The van der Waals surface area contributed by atoms with Crippen LogP contribution < -0.4 is 9.47 Å². The molecule has 0 unspecified atom stereocenters. The summed E-state index contributed by atoms with van der Waals surface area (Å²) in [6.45, 7) is 0.612. The molecule has 8 nitrogen and oxygen atoms in total. The molecule has 0 aliphatic carbocycles. The Hall–Kier alpha value is -2.07. The lowest BCUT2D eigenvalue weighted by molar-refractivity contribution is -0.666. The summed E-state index contributed by atoms with van der Waals surface area (Å²) < 4.78 is 81.9. The van der Waals surface area contributed by atoms with Gasteiger partial charge >= 0.3 is 0 Å². The molecule has 2 aromatic carbocycles. The molecule has 0 saturated heterocycles. The topological polar surface area (TPSA) is 116 Å². The van der Waals surface area contributed by atoms with Crippen molar-refractivity contribution in [3.63, 3.8) is 0 Å². The van der Waals surface area contributed by atoms with Gasteiger partial charge < -0.3 is 4.90 Å². The number of anilines is 1. The third-order valence-corrected chi connectivity index (χ3v) is 11.0. The van der Waals surface area contributed by atoms with Crippen LogP contribution >= 0.6 is 34.4 Å². The summed E-state index contributed by atoms with van der Waals surface area (Å²) in [6, 6.07) is 12.4. The molecule has 0 radical (unpaired) electrons. The number of nitrogens with zero attached hydrogens (tertiary/aromatic N) is 2. The van der Waals surface area contributed by atoms with Crippen molar-refractivity contribution in [2.45, 2.75) is 24.3 Å². The number of thiazole rings is 1. The number of hydrogen-bond acceptors (Lipinski definition) is 8. The molecule has 0 atom stereocenters. The lowest BCUT2D eigenvalue weighted by atomic mass is 10.2. The molecule has 5 rings (SSSR count). The van der Waals surface area contributed by atoms with Gasteiger partial charge in [-0.25, -0.2) is 4.39 Å². The Morgan fingerprint density at radius 1 is 0.973 bits per heavy atom. The van der Waals surface area contributed by atoms with Gasteiger partial charge in [0.15, 0.2) is 6.54 Å². The van der Waals surface area contributed by atoms with E-state index in [1.807, 2.05) is 39.8 Å². The predicted octanol–water partition coefficient (Wildman–Crippen LogP) is 5.01. The van der Waals surface area contributed by atoms with Crippen molar-refractivity contribution in [3.8, 4) is 0 Å². The highest BCUT2D eigenvalue weighted by Crippen LogP contribution is 2.47. The van der Waals surface area contributed by atoms with E-state index in [-0.39, 0.29) is 25.1 Å². The smallest absolute Gasteiger partial charge is 0.281 e. The molecule has 14 heteroatoms. The van der Waals surface area contributed by atoms with Crippen molar-refractivity contribution in [3.05, 3.63) is 58.3 Å². The molecule has 1 aliphatic rings. The second kappa shape index (κ2) is 10.2. The summed E-state index contributed by atoms with van der Waals surface area (Å²) in [4.78, 5) is 3.64. The maximum absolute atomic E-state index is 14.1. The first kappa shape index (κ1) is 26.5. The van der Waals surface area contributed by atoms with E-state index < -0.39 is 31.8 Å². The maximum Gasteiger partial charge on any atom is 0.281 e. The molecule has 0 fully saturated rings. The Labute approximate surface area is 225 Å². The van der Waals surface area contributed by atoms with E-state index >= 15 is 0 Å². The second-order valence-corrected chi connectivity index (χ2v) is 14.7. The van der Waals surface area contributed by atoms with Gasteiger partial charge in [-0.1, -0.05) is 52.6 Å². The van der Waals surface area contributed by atoms with E-state index in [1.54, 1.807) is 28.7 Å². The van der Waals surface area contributed by atoms with Gasteiger partial charge in [0.2, 0.25) is 0 Å². The van der Waals surface area contributed by atoms with Crippen LogP contribution in [0.4, 0.5) is 10.1 Å². The van der Waals surface area contributed by atoms with Gasteiger partial charge in [-0.3, -0.25) is 9.11 Å². The quantitative estimate of drug-likeness (QED) is 0.203. The monoisotopic (exact) mass is 601 g/mol. The van der Waals surface area contributed by atoms with Crippen molar-refractivity contribution in [1.29, 1.82) is 0 Å². The van der Waals surface area contributed by atoms with Crippen LogP contribution in [0.2, 0.25) is 0 Å². The largest absolute Gasteiger partial charge is 0.335 e. The Balaban J connectivity index is 1.57. The van der Waals surface area contributed by atoms with E-state index in [9.17, 15) is 25.8 Å². The molecule has 0 spiro atoms. The Morgan fingerprint density at radius 3 is 2.46 bits per heavy atom. The number of fused-ring (bicyclic) bond motifs is 4. The molecule has 4 aromatic rings. The zero-order chi connectivity index (χ0) is 26.4. The maximum atomic E-state index is 14.1. The van der Waals surface area contributed by atoms with E-state index in [4.69, 9.17) is 4.55 Å². The van der Waals surface area contributed by atoms with Crippen LogP contribution in [-0.2, 0) is 26.8 Å². The lowest BCUT2D eigenvalue weighted by Gasteiger charge is -2.19. The number of aryl methyl sites for hydroxylation is 1. The molecule has 0 saturated carbocycles. The molecule has 3 heterocycles. The number of thioether (sulfide) groups is 1. The average Bonchev–Trinajstić information content (AvgIpc) is 3.43. The normalized spacial score (nSPS) is 15.3. The second-order valence-electron chi connectivity index (χ2n) is 8.45. The molecule has 2 N–H and O–H groups in total. The standard InChI is InChI=1S/C23H21FN2O6S5/c24-15-7-8-19-17(13-15)25(9-3-11-36(27,28)29)20(33-19)14-21-26(10-4-12-37(30,31)32)23-22(35-21)16-5-1-2-6-18(16)34-23/h1-2,5-8,13-14H,3-4,9-12H2,(H-,27,28,29,30,31,32)/p+1. The minimum absolute atomic E-state index is 0.144. The molecule has 196 valence electrons. The first-order chi connectivity index (χ1) is 17.5. The molecule has 37 heavy (non-hydrogen) atoms. The third-order valence-electron chi connectivity index (χ3n) is 5.76. The first-order valence-corrected chi connectivity index (χ1v) is 16.9. The Kier molecular flexibility index (Phi) is 7.35. The lowest BCUT2D eigenvalue weighted by Crippen LogP contribution is -2.35. The zero-order valence-electron chi connectivity index (χ0n) is 19.2. The van der Waals surface area contributed by atoms with Crippen LogP contribution in [0.3, 0.4) is 0 Å². The van der Waals surface area contributed by atoms with Crippen molar-refractivity contribution in [2.24, 2.45) is 0 Å². The fraction of sp³-hybridized carbons (Fsp3) is 0.261. The molecule has 2 aromatic heterocycles. The Bertz CT molecular complexity index is 1740. The van der Waals surface area contributed by atoms with E-state index in [0.29, 0.717) is 12.2 Å². The van der Waals surface area contributed by atoms with Crippen molar-refractivity contribution >= 4 is 86.1 Å². The van der Waals surface area contributed by atoms with Gasteiger partial charge in [-0.15, -0.1) is 0 Å².